The zero-order valence-electron chi connectivity index (χ0n) is 8.82. The predicted molar refractivity (Wildman–Crippen MR) is 61.0 cm³/mol. The van der Waals surface area contributed by atoms with Crippen molar-refractivity contribution in [1.29, 1.82) is 0 Å². The Morgan fingerprint density at radius 3 is 2.87 bits per heavy atom. The van der Waals surface area contributed by atoms with Gasteiger partial charge in [-0.15, -0.1) is 0 Å². The van der Waals surface area contributed by atoms with Gasteiger partial charge in [0.2, 0.25) is 0 Å². The molecule has 1 fully saturated rings. The number of anilines is 2. The lowest BCUT2D eigenvalue weighted by atomic mass is 10.4. The molecule has 82 valence electrons. The van der Waals surface area contributed by atoms with E-state index in [1.807, 2.05) is 6.07 Å². The molecule has 15 heavy (non-hydrogen) atoms. The maximum absolute atomic E-state index is 5.42. The molecule has 0 spiro atoms. The molecule has 1 aliphatic rings. The van der Waals surface area contributed by atoms with E-state index in [9.17, 15) is 0 Å². The Labute approximate surface area is 89.7 Å². The molecule has 0 aliphatic carbocycles. The summed E-state index contributed by atoms with van der Waals surface area (Å²) in [5.74, 6) is 1.87. The van der Waals surface area contributed by atoms with E-state index < -0.39 is 0 Å². The van der Waals surface area contributed by atoms with Gasteiger partial charge in [-0.2, -0.15) is 0 Å². The van der Waals surface area contributed by atoms with Gasteiger partial charge in [-0.05, 0) is 12.8 Å². The fourth-order valence-corrected chi connectivity index (χ4v) is 1.76. The van der Waals surface area contributed by atoms with E-state index in [1.165, 1.54) is 12.8 Å². The smallest absolute Gasteiger partial charge is 0.134 e. The largest absolute Gasteiger partial charge is 0.369 e. The zero-order valence-corrected chi connectivity index (χ0v) is 8.82. The van der Waals surface area contributed by atoms with E-state index >= 15 is 0 Å². The molecule has 0 amide bonds. The highest BCUT2D eigenvalue weighted by Crippen LogP contribution is 2.18. The molecule has 2 heterocycles. The van der Waals surface area contributed by atoms with Crippen molar-refractivity contribution in [3.63, 3.8) is 0 Å². The average molecular weight is 207 g/mol. The highest BCUT2D eigenvalue weighted by atomic mass is 15.2. The number of hydrogen-bond donors (Lipinski definition) is 2. The second-order valence-electron chi connectivity index (χ2n) is 3.67. The maximum Gasteiger partial charge on any atom is 0.134 e. The number of rotatable bonds is 4. The second-order valence-corrected chi connectivity index (χ2v) is 3.67. The minimum atomic E-state index is 0.614. The molecule has 1 saturated heterocycles. The van der Waals surface area contributed by atoms with E-state index in [1.54, 1.807) is 6.33 Å². The summed E-state index contributed by atoms with van der Waals surface area (Å²) in [5, 5.41) is 3.16. The molecular formula is C10H17N5. The number of aromatic nitrogens is 2. The molecule has 1 aromatic heterocycles. The normalized spacial score (nSPS) is 15.7. The quantitative estimate of drug-likeness (QED) is 0.750. The van der Waals surface area contributed by atoms with Crippen molar-refractivity contribution >= 4 is 11.6 Å². The summed E-state index contributed by atoms with van der Waals surface area (Å²) < 4.78 is 0. The Hall–Kier alpha value is -1.36. The third-order valence-corrected chi connectivity index (χ3v) is 2.53. The van der Waals surface area contributed by atoms with Gasteiger partial charge in [0.25, 0.3) is 0 Å². The fraction of sp³-hybridized carbons (Fsp3) is 0.600. The van der Waals surface area contributed by atoms with Crippen LogP contribution in [0.2, 0.25) is 0 Å². The molecule has 2 rings (SSSR count). The molecule has 1 aromatic rings. The molecule has 0 bridgehead atoms. The van der Waals surface area contributed by atoms with Crippen LogP contribution in [0.3, 0.4) is 0 Å². The Kier molecular flexibility index (Phi) is 3.34. The van der Waals surface area contributed by atoms with E-state index in [-0.39, 0.29) is 0 Å². The van der Waals surface area contributed by atoms with E-state index in [0.717, 1.165) is 31.3 Å². The van der Waals surface area contributed by atoms with E-state index in [2.05, 4.69) is 20.2 Å². The molecule has 0 aromatic carbocycles. The van der Waals surface area contributed by atoms with Crippen LogP contribution in [0.4, 0.5) is 11.6 Å². The highest BCUT2D eigenvalue weighted by Gasteiger charge is 2.13. The Balaban J connectivity index is 2.04. The van der Waals surface area contributed by atoms with Gasteiger partial charge in [-0.25, -0.2) is 9.97 Å². The van der Waals surface area contributed by atoms with Crippen LogP contribution in [0.5, 0.6) is 0 Å². The van der Waals surface area contributed by atoms with Crippen molar-refractivity contribution in [2.75, 3.05) is 36.4 Å². The minimum absolute atomic E-state index is 0.614. The summed E-state index contributed by atoms with van der Waals surface area (Å²) in [6.07, 6.45) is 4.12. The third kappa shape index (κ3) is 2.56. The summed E-state index contributed by atoms with van der Waals surface area (Å²) in [6.45, 7) is 3.57. The van der Waals surface area contributed by atoms with Crippen molar-refractivity contribution in [2.45, 2.75) is 12.8 Å². The van der Waals surface area contributed by atoms with Crippen LogP contribution in [-0.2, 0) is 0 Å². The van der Waals surface area contributed by atoms with Gasteiger partial charge < -0.3 is 16.0 Å². The van der Waals surface area contributed by atoms with E-state index in [4.69, 9.17) is 5.73 Å². The van der Waals surface area contributed by atoms with Gasteiger partial charge in [0, 0.05) is 32.2 Å². The molecule has 0 radical (unpaired) electrons. The first-order valence-corrected chi connectivity index (χ1v) is 5.41. The first-order chi connectivity index (χ1) is 7.40. The van der Waals surface area contributed by atoms with Crippen LogP contribution >= 0.6 is 0 Å². The minimum Gasteiger partial charge on any atom is -0.369 e. The lowest BCUT2D eigenvalue weighted by Crippen LogP contribution is -2.20. The van der Waals surface area contributed by atoms with Crippen molar-refractivity contribution in [1.82, 2.24) is 9.97 Å². The summed E-state index contributed by atoms with van der Waals surface area (Å²) in [4.78, 5) is 10.7. The Morgan fingerprint density at radius 2 is 2.13 bits per heavy atom. The highest BCUT2D eigenvalue weighted by molar-refractivity contribution is 5.48. The first-order valence-electron chi connectivity index (χ1n) is 5.41. The lowest BCUT2D eigenvalue weighted by Gasteiger charge is -2.16. The summed E-state index contributed by atoms with van der Waals surface area (Å²) in [7, 11) is 0. The van der Waals surface area contributed by atoms with Gasteiger partial charge in [0.05, 0.1) is 0 Å². The van der Waals surface area contributed by atoms with Gasteiger partial charge in [-0.1, -0.05) is 0 Å². The number of hydrogen-bond acceptors (Lipinski definition) is 5. The molecule has 5 heteroatoms. The number of nitrogens with two attached hydrogens (primary N) is 1. The predicted octanol–water partition coefficient (Wildman–Crippen LogP) is 0.447. The van der Waals surface area contributed by atoms with Gasteiger partial charge in [-0.3, -0.25) is 0 Å². The van der Waals surface area contributed by atoms with Crippen LogP contribution in [-0.4, -0.2) is 36.1 Å². The monoisotopic (exact) mass is 207 g/mol. The van der Waals surface area contributed by atoms with Crippen LogP contribution < -0.4 is 16.0 Å². The van der Waals surface area contributed by atoms with Crippen molar-refractivity contribution in [3.8, 4) is 0 Å². The lowest BCUT2D eigenvalue weighted by molar-refractivity contribution is 0.923. The molecule has 0 saturated carbocycles. The van der Waals surface area contributed by atoms with Crippen LogP contribution in [0.1, 0.15) is 12.8 Å². The molecule has 5 nitrogen and oxygen atoms in total. The van der Waals surface area contributed by atoms with Crippen LogP contribution in [0, 0.1) is 0 Å². The van der Waals surface area contributed by atoms with Gasteiger partial charge in [0.15, 0.2) is 0 Å². The molecule has 1 aliphatic heterocycles. The standard InChI is InChI=1S/C10H17N5/c11-3-4-12-9-7-10(14-8-13-9)15-5-1-2-6-15/h7-8H,1-6,11H2,(H,12,13,14). The van der Waals surface area contributed by atoms with Crippen LogP contribution in [0.15, 0.2) is 12.4 Å². The Morgan fingerprint density at radius 1 is 1.33 bits per heavy atom. The SMILES string of the molecule is NCCNc1cc(N2CCCC2)ncn1. The van der Waals surface area contributed by atoms with Gasteiger partial charge >= 0.3 is 0 Å². The zero-order chi connectivity index (χ0) is 10.5. The van der Waals surface area contributed by atoms with Crippen molar-refractivity contribution < 1.29 is 0 Å². The van der Waals surface area contributed by atoms with E-state index in [0.29, 0.717) is 6.54 Å². The van der Waals surface area contributed by atoms with Crippen molar-refractivity contribution in [3.05, 3.63) is 12.4 Å². The number of nitrogens with zero attached hydrogens (tertiary/aromatic N) is 3. The second kappa shape index (κ2) is 4.93. The molecule has 0 unspecified atom stereocenters. The van der Waals surface area contributed by atoms with Crippen LogP contribution in [0.25, 0.3) is 0 Å². The molecular weight excluding hydrogens is 190 g/mol. The topological polar surface area (TPSA) is 67.1 Å². The first kappa shape index (κ1) is 10.2. The fourth-order valence-electron chi connectivity index (χ4n) is 1.76. The third-order valence-electron chi connectivity index (χ3n) is 2.53. The molecule has 0 atom stereocenters. The van der Waals surface area contributed by atoms with Gasteiger partial charge in [0.1, 0.15) is 18.0 Å². The Bertz CT molecular complexity index is 308. The summed E-state index contributed by atoms with van der Waals surface area (Å²) >= 11 is 0. The number of nitrogens with one attached hydrogen (secondary N) is 1. The average Bonchev–Trinajstić information content (AvgIpc) is 2.80. The van der Waals surface area contributed by atoms with Crippen molar-refractivity contribution in [2.24, 2.45) is 5.73 Å². The summed E-state index contributed by atoms with van der Waals surface area (Å²) in [6, 6.07) is 1.99. The molecule has 3 N–H and O–H groups in total. The maximum atomic E-state index is 5.42. The summed E-state index contributed by atoms with van der Waals surface area (Å²) in [5.41, 5.74) is 5.42.